The highest BCUT2D eigenvalue weighted by Crippen LogP contribution is 2.31. The number of halogens is 3. The molecule has 0 saturated carbocycles. The lowest BCUT2D eigenvalue weighted by Crippen LogP contribution is -1.97. The number of methoxy groups -OCH3 is 2. The van der Waals surface area contributed by atoms with E-state index in [1.165, 1.54) is 39.5 Å². The molecule has 0 saturated heterocycles. The summed E-state index contributed by atoms with van der Waals surface area (Å²) >= 11 is 2.29. The van der Waals surface area contributed by atoms with Gasteiger partial charge in [0.15, 0.2) is 35.6 Å². The van der Waals surface area contributed by atoms with Gasteiger partial charge in [-0.15, -0.1) is 6.42 Å². The van der Waals surface area contributed by atoms with Crippen molar-refractivity contribution in [3.8, 4) is 47.2 Å². The van der Waals surface area contributed by atoms with E-state index < -0.39 is 11.6 Å². The van der Waals surface area contributed by atoms with Gasteiger partial charge in [-0.3, -0.25) is 9.59 Å². The van der Waals surface area contributed by atoms with Crippen molar-refractivity contribution in [1.29, 1.82) is 0 Å². The molecule has 0 unspecified atom stereocenters. The summed E-state index contributed by atoms with van der Waals surface area (Å²) in [7, 11) is 3.23. The van der Waals surface area contributed by atoms with Crippen LogP contribution in [0.4, 0.5) is 8.78 Å². The monoisotopic (exact) mass is 752 g/mol. The van der Waals surface area contributed by atoms with E-state index in [1.807, 2.05) is 39.0 Å². The lowest BCUT2D eigenvalue weighted by atomic mass is 10.1. The van der Waals surface area contributed by atoms with Gasteiger partial charge in [-0.2, -0.15) is 0 Å². The molecule has 0 heterocycles. The Hall–Kier alpha value is -4.87. The highest BCUT2D eigenvalue weighted by Gasteiger charge is 2.09. The quantitative estimate of drug-likeness (QED) is 0.102. The fourth-order valence-electron chi connectivity index (χ4n) is 3.92. The van der Waals surface area contributed by atoms with Crippen molar-refractivity contribution in [2.24, 2.45) is 0 Å². The van der Waals surface area contributed by atoms with Crippen LogP contribution in [0, 0.1) is 53.2 Å². The molecule has 9 heteroatoms. The number of aryl methyl sites for hydroxylation is 2. The Morgan fingerprint density at radius 2 is 1.15 bits per heavy atom. The zero-order valence-electron chi connectivity index (χ0n) is 27.0. The Morgan fingerprint density at radius 3 is 1.64 bits per heavy atom. The van der Waals surface area contributed by atoms with E-state index in [-0.39, 0.29) is 0 Å². The van der Waals surface area contributed by atoms with E-state index >= 15 is 0 Å². The molecule has 0 amide bonds. The maximum Gasteiger partial charge on any atom is 0.162 e. The van der Waals surface area contributed by atoms with E-state index in [0.717, 1.165) is 28.7 Å². The molecule has 4 aromatic carbocycles. The standard InChI is InChI=1S/C19H17FO3.C10H13IO2.C9H5FO/c1-4-23-19-11-14(13(2)9-18(19)22-3)5-6-15-10-17(20)8-7-16(15)12-21;1-4-13-10-6-8(11)7(2)5-9(10)12-3;1-2-7-5-9(10)4-3-8(7)6-11/h7-12H,4H2,1-3H3;5-6H,4H2,1-3H3;1,3-6H. The topological polar surface area (TPSA) is 71.1 Å². The smallest absolute Gasteiger partial charge is 0.162 e. The third kappa shape index (κ3) is 11.5. The van der Waals surface area contributed by atoms with Gasteiger partial charge in [0, 0.05) is 31.4 Å². The van der Waals surface area contributed by atoms with Gasteiger partial charge in [-0.1, -0.05) is 17.8 Å². The molecule has 6 nitrogen and oxygen atoms in total. The molecule has 0 radical (unpaired) electrons. The molecule has 4 rings (SSSR count). The van der Waals surface area contributed by atoms with E-state index in [4.69, 9.17) is 25.4 Å². The minimum absolute atomic E-state index is 0.292. The van der Waals surface area contributed by atoms with Crippen molar-refractivity contribution in [3.63, 3.8) is 0 Å². The number of ether oxygens (including phenoxy) is 4. The van der Waals surface area contributed by atoms with Crippen LogP contribution in [0.1, 0.15) is 62.4 Å². The lowest BCUT2D eigenvalue weighted by Gasteiger charge is -2.11. The van der Waals surface area contributed by atoms with E-state index in [9.17, 15) is 18.4 Å². The Kier molecular flexibility index (Phi) is 16.0. The first-order valence-corrected chi connectivity index (χ1v) is 15.4. The molecular formula is C38H35F2IO6. The summed E-state index contributed by atoms with van der Waals surface area (Å²) in [6, 6.07) is 15.2. The number of aldehydes is 2. The van der Waals surface area contributed by atoms with Gasteiger partial charge in [-0.25, -0.2) is 8.78 Å². The summed E-state index contributed by atoms with van der Waals surface area (Å²) < 4.78 is 48.4. The summed E-state index contributed by atoms with van der Waals surface area (Å²) in [5.41, 5.74) is 4.19. The van der Waals surface area contributed by atoms with E-state index in [0.29, 0.717) is 59.5 Å². The Morgan fingerprint density at radius 1 is 0.681 bits per heavy atom. The number of rotatable bonds is 8. The van der Waals surface area contributed by atoms with Crippen LogP contribution in [-0.4, -0.2) is 40.0 Å². The Labute approximate surface area is 288 Å². The first kappa shape index (κ1) is 38.3. The molecule has 0 bridgehead atoms. The Balaban J connectivity index is 0.000000270. The van der Waals surface area contributed by atoms with Gasteiger partial charge in [0.05, 0.1) is 27.4 Å². The SMILES string of the molecule is C#Cc1cc(F)ccc1C=O.CCOc1cc(C#Cc2cc(F)ccc2C=O)c(C)cc1OC.CCOc1cc(I)c(C)cc1OC. The highest BCUT2D eigenvalue weighted by atomic mass is 127. The van der Waals surface area contributed by atoms with Crippen molar-refractivity contribution in [2.75, 3.05) is 27.4 Å². The van der Waals surface area contributed by atoms with Gasteiger partial charge in [0.2, 0.25) is 0 Å². The molecule has 0 fully saturated rings. The van der Waals surface area contributed by atoms with Gasteiger partial charge in [0.1, 0.15) is 11.6 Å². The first-order valence-electron chi connectivity index (χ1n) is 14.3. The number of benzene rings is 4. The predicted octanol–water partition coefficient (Wildman–Crippen LogP) is 8.38. The maximum atomic E-state index is 13.3. The van der Waals surface area contributed by atoms with Crippen LogP contribution in [0.2, 0.25) is 0 Å². The number of terminal acetylenes is 1. The Bertz CT molecular complexity index is 1800. The molecular weight excluding hydrogens is 717 g/mol. The second-order valence-corrected chi connectivity index (χ2v) is 10.7. The third-order valence-electron chi connectivity index (χ3n) is 6.33. The molecule has 0 atom stereocenters. The van der Waals surface area contributed by atoms with Crippen LogP contribution in [0.3, 0.4) is 0 Å². The number of carbonyl (C=O) groups excluding carboxylic acids is 2. The van der Waals surface area contributed by atoms with Gasteiger partial charge in [-0.05, 0) is 122 Å². The van der Waals surface area contributed by atoms with Crippen molar-refractivity contribution < 1.29 is 37.3 Å². The molecule has 0 aliphatic carbocycles. The zero-order valence-corrected chi connectivity index (χ0v) is 29.2. The highest BCUT2D eigenvalue weighted by molar-refractivity contribution is 14.1. The van der Waals surface area contributed by atoms with Crippen LogP contribution in [0.5, 0.6) is 23.0 Å². The molecule has 0 aromatic heterocycles. The van der Waals surface area contributed by atoms with E-state index in [1.54, 1.807) is 20.3 Å². The molecule has 0 N–H and O–H groups in total. The van der Waals surface area contributed by atoms with Crippen molar-refractivity contribution in [3.05, 3.63) is 115 Å². The van der Waals surface area contributed by atoms with Crippen LogP contribution in [-0.2, 0) is 0 Å². The van der Waals surface area contributed by atoms with Crippen molar-refractivity contribution >= 4 is 35.2 Å². The molecule has 4 aromatic rings. The van der Waals surface area contributed by atoms with Crippen LogP contribution in [0.15, 0.2) is 60.7 Å². The minimum Gasteiger partial charge on any atom is -0.493 e. The summed E-state index contributed by atoms with van der Waals surface area (Å²) in [5.74, 6) is 10.0. The summed E-state index contributed by atoms with van der Waals surface area (Å²) in [6.45, 7) is 8.97. The fraction of sp³-hybridized carbons (Fsp3) is 0.211. The minimum atomic E-state index is -0.429. The van der Waals surface area contributed by atoms with Crippen LogP contribution < -0.4 is 18.9 Å². The number of carbonyl (C=O) groups is 2. The zero-order chi connectivity index (χ0) is 34.9. The normalized spacial score (nSPS) is 9.53. The largest absolute Gasteiger partial charge is 0.493 e. The molecule has 0 spiro atoms. The second-order valence-electron chi connectivity index (χ2n) is 9.53. The summed E-state index contributed by atoms with van der Waals surface area (Å²) in [6.07, 6.45) is 6.29. The lowest BCUT2D eigenvalue weighted by molar-refractivity contribution is 0.111. The maximum absolute atomic E-state index is 13.3. The van der Waals surface area contributed by atoms with Crippen LogP contribution >= 0.6 is 22.6 Å². The van der Waals surface area contributed by atoms with Gasteiger partial charge >= 0.3 is 0 Å². The summed E-state index contributed by atoms with van der Waals surface area (Å²) in [5, 5.41) is 0. The average molecular weight is 753 g/mol. The van der Waals surface area contributed by atoms with Gasteiger partial charge in [0.25, 0.3) is 0 Å². The fourth-order valence-corrected chi connectivity index (χ4v) is 4.36. The third-order valence-corrected chi connectivity index (χ3v) is 7.49. The first-order chi connectivity index (χ1) is 22.5. The second kappa shape index (κ2) is 19.6. The molecule has 47 heavy (non-hydrogen) atoms. The molecule has 0 aliphatic rings. The molecule has 0 aliphatic heterocycles. The number of hydrogen-bond donors (Lipinski definition) is 0. The van der Waals surface area contributed by atoms with Crippen molar-refractivity contribution in [1.82, 2.24) is 0 Å². The number of hydrogen-bond acceptors (Lipinski definition) is 6. The molecule has 244 valence electrons. The average Bonchev–Trinajstić information content (AvgIpc) is 3.07. The van der Waals surface area contributed by atoms with Crippen LogP contribution in [0.25, 0.3) is 0 Å². The van der Waals surface area contributed by atoms with E-state index in [2.05, 4.69) is 47.3 Å². The van der Waals surface area contributed by atoms with Gasteiger partial charge < -0.3 is 18.9 Å². The summed E-state index contributed by atoms with van der Waals surface area (Å²) in [4.78, 5) is 21.3. The predicted molar refractivity (Wildman–Crippen MR) is 188 cm³/mol. The van der Waals surface area contributed by atoms with Crippen molar-refractivity contribution in [2.45, 2.75) is 27.7 Å².